The van der Waals surface area contributed by atoms with Crippen LogP contribution in [0.5, 0.6) is 0 Å². The van der Waals surface area contributed by atoms with Crippen molar-refractivity contribution in [2.75, 3.05) is 13.7 Å². The topological polar surface area (TPSA) is 38.3 Å². The van der Waals surface area contributed by atoms with Crippen molar-refractivity contribution in [3.05, 3.63) is 53.6 Å². The molecule has 240 valence electrons. The van der Waals surface area contributed by atoms with Crippen LogP contribution in [0.3, 0.4) is 0 Å². The lowest BCUT2D eigenvalue weighted by atomic mass is 9.33. The molecule has 0 aromatic heterocycles. The fourth-order valence-corrected chi connectivity index (χ4v) is 13.1. The van der Waals surface area contributed by atoms with E-state index in [1.54, 1.807) is 0 Å². The van der Waals surface area contributed by atoms with Gasteiger partial charge in [0.05, 0.1) is 12.7 Å². The summed E-state index contributed by atoms with van der Waals surface area (Å²) in [6.45, 7) is 21.4. The van der Waals surface area contributed by atoms with Crippen molar-refractivity contribution in [3.8, 4) is 0 Å². The summed E-state index contributed by atoms with van der Waals surface area (Å²) in [4.78, 5) is 12.1. The summed E-state index contributed by atoms with van der Waals surface area (Å²) in [7, 11) is 1.46. The van der Waals surface area contributed by atoms with Gasteiger partial charge in [-0.25, -0.2) is 4.79 Å². The number of esters is 1. The molecule has 0 heterocycles. The van der Waals surface area contributed by atoms with Crippen LogP contribution in [0.15, 0.2) is 42.5 Å². The monoisotopic (exact) mass is 597 g/mol. The van der Waals surface area contributed by atoms with E-state index in [-0.39, 0.29) is 11.4 Å². The second kappa shape index (κ2) is 10.3. The van der Waals surface area contributed by atoms with Crippen LogP contribution in [0.25, 0.3) is 5.57 Å². The Bertz CT molecular complexity index is 1350. The van der Waals surface area contributed by atoms with E-state index in [0.717, 1.165) is 23.7 Å². The normalized spacial score (nSPS) is 44.0. The van der Waals surface area contributed by atoms with Crippen LogP contribution >= 0.6 is 0 Å². The van der Waals surface area contributed by atoms with Crippen molar-refractivity contribution < 1.29 is 9.53 Å². The molecular weight excluding hydrogens is 538 g/mol. The van der Waals surface area contributed by atoms with E-state index in [0.29, 0.717) is 39.2 Å². The van der Waals surface area contributed by atoms with Gasteiger partial charge in [-0.15, -0.1) is 0 Å². The fourth-order valence-electron chi connectivity index (χ4n) is 13.1. The zero-order valence-electron chi connectivity index (χ0n) is 28.9. The molecule has 44 heavy (non-hydrogen) atoms. The molecule has 0 amide bonds. The van der Waals surface area contributed by atoms with Gasteiger partial charge in [0.1, 0.15) is 0 Å². The number of methoxy groups -OCH3 is 1. The maximum absolute atomic E-state index is 12.1. The van der Waals surface area contributed by atoms with Crippen LogP contribution in [-0.2, 0) is 4.74 Å². The average molecular weight is 598 g/mol. The van der Waals surface area contributed by atoms with Gasteiger partial charge in [-0.3, -0.25) is 0 Å². The summed E-state index contributed by atoms with van der Waals surface area (Å²) in [6, 6.07) is 8.17. The van der Waals surface area contributed by atoms with Crippen LogP contribution < -0.4 is 5.32 Å². The van der Waals surface area contributed by atoms with E-state index in [4.69, 9.17) is 4.74 Å². The molecular formula is C41H59NO2. The lowest BCUT2D eigenvalue weighted by molar-refractivity contribution is -0.219. The van der Waals surface area contributed by atoms with E-state index >= 15 is 0 Å². The Kier molecular flexibility index (Phi) is 7.21. The van der Waals surface area contributed by atoms with Crippen molar-refractivity contribution in [2.45, 2.75) is 118 Å². The number of hydrogen-bond acceptors (Lipinski definition) is 3. The molecule has 3 nitrogen and oxygen atoms in total. The van der Waals surface area contributed by atoms with Gasteiger partial charge < -0.3 is 10.1 Å². The Balaban J connectivity index is 1.21. The number of carbonyl (C=O) groups is 1. The summed E-state index contributed by atoms with van der Waals surface area (Å²) in [6.07, 6.45) is 17.5. The second-order valence-electron chi connectivity index (χ2n) is 17.8. The molecule has 9 atom stereocenters. The lowest BCUT2D eigenvalue weighted by Crippen LogP contribution is -2.68. The van der Waals surface area contributed by atoms with Crippen LogP contribution in [0.2, 0.25) is 0 Å². The van der Waals surface area contributed by atoms with Gasteiger partial charge in [-0.1, -0.05) is 65.0 Å². The molecule has 6 aliphatic carbocycles. The highest BCUT2D eigenvalue weighted by Crippen LogP contribution is 2.76. The van der Waals surface area contributed by atoms with Crippen LogP contribution in [-0.4, -0.2) is 25.2 Å². The summed E-state index contributed by atoms with van der Waals surface area (Å²) in [5.41, 5.74) is 6.31. The average Bonchev–Trinajstić information content (AvgIpc) is 3.74. The maximum atomic E-state index is 12.1. The molecule has 0 aliphatic heterocycles. The quantitative estimate of drug-likeness (QED) is 0.262. The first-order chi connectivity index (χ1) is 20.8. The second-order valence-corrected chi connectivity index (χ2v) is 17.8. The van der Waals surface area contributed by atoms with Gasteiger partial charge in [0.15, 0.2) is 0 Å². The van der Waals surface area contributed by atoms with E-state index < -0.39 is 0 Å². The third kappa shape index (κ3) is 4.26. The molecule has 6 aliphatic rings. The zero-order chi connectivity index (χ0) is 31.3. The smallest absolute Gasteiger partial charge is 0.337 e. The van der Waals surface area contributed by atoms with Crippen molar-refractivity contribution in [1.29, 1.82) is 0 Å². The number of rotatable bonds is 6. The Morgan fingerprint density at radius 1 is 0.886 bits per heavy atom. The molecule has 0 unspecified atom stereocenters. The molecule has 0 spiro atoms. The molecule has 1 N–H and O–H groups in total. The largest absolute Gasteiger partial charge is 0.465 e. The zero-order valence-corrected chi connectivity index (χ0v) is 28.9. The first-order valence-electron chi connectivity index (χ1n) is 18.1. The van der Waals surface area contributed by atoms with Gasteiger partial charge in [0.2, 0.25) is 0 Å². The lowest BCUT2D eigenvalue weighted by Gasteiger charge is -2.72. The molecule has 0 saturated heterocycles. The maximum Gasteiger partial charge on any atom is 0.337 e. The summed E-state index contributed by atoms with van der Waals surface area (Å²) in [5.74, 6) is 4.32. The molecule has 3 heteroatoms. The third-order valence-electron chi connectivity index (χ3n) is 15.7. The Morgan fingerprint density at radius 3 is 2.27 bits per heavy atom. The fraction of sp³-hybridized carbons (Fsp3) is 0.732. The standard InChI is InChI=1S/C41H59NO2/c1-26(2)30-17-22-41(42-25-27-9-10-27)24-23-39(6)32(35(30)41)15-16-34-38(5)20-18-31(28-11-13-29(14-12-28)36(43)44-8)37(3,4)33(38)19-21-40(34,39)7/h11-14,18,27,30,32-35,42H,1,9-10,15-17,19-25H2,2-8H3/t30-,32+,33-,34+,35+,38-,39+,40+,41-/m0/s1. The van der Waals surface area contributed by atoms with Crippen molar-refractivity contribution in [2.24, 2.45) is 57.2 Å². The predicted octanol–water partition coefficient (Wildman–Crippen LogP) is 9.88. The Hall–Kier alpha value is -1.87. The molecule has 7 rings (SSSR count). The number of ether oxygens (including phenoxy) is 1. The Labute approximate surface area is 268 Å². The summed E-state index contributed by atoms with van der Waals surface area (Å²) >= 11 is 0. The van der Waals surface area contributed by atoms with Gasteiger partial charge >= 0.3 is 5.97 Å². The highest BCUT2D eigenvalue weighted by atomic mass is 16.5. The first-order valence-corrected chi connectivity index (χ1v) is 18.1. The van der Waals surface area contributed by atoms with E-state index in [2.05, 4.69) is 71.6 Å². The number of allylic oxidation sites excluding steroid dienone is 3. The third-order valence-corrected chi connectivity index (χ3v) is 15.7. The molecule has 5 fully saturated rings. The number of hydrogen-bond donors (Lipinski definition) is 1. The van der Waals surface area contributed by atoms with Gasteiger partial charge in [-0.2, -0.15) is 0 Å². The SMILES string of the molecule is C=C(C)[C@@H]1CC[C@]2(NCC3CC3)CC[C@]3(C)[C@H](CC[C@@H]4[C@@]5(C)CC=C(c6ccc(C(=O)OC)cc6)C(C)(C)[C@@H]5CC[C@]43C)[C@@H]12. The van der Waals surface area contributed by atoms with Gasteiger partial charge in [0, 0.05) is 5.54 Å². The minimum absolute atomic E-state index is 0.0871. The summed E-state index contributed by atoms with van der Waals surface area (Å²) < 4.78 is 4.96. The predicted molar refractivity (Wildman–Crippen MR) is 181 cm³/mol. The molecule has 1 aromatic rings. The number of carbonyl (C=O) groups excluding carboxylic acids is 1. The van der Waals surface area contributed by atoms with Gasteiger partial charge in [-0.05, 0) is 165 Å². The van der Waals surface area contributed by atoms with Crippen LogP contribution in [0.1, 0.15) is 128 Å². The van der Waals surface area contributed by atoms with Crippen LogP contribution in [0, 0.1) is 57.2 Å². The Morgan fingerprint density at radius 2 is 1.61 bits per heavy atom. The molecule has 1 aromatic carbocycles. The van der Waals surface area contributed by atoms with Gasteiger partial charge in [0.25, 0.3) is 0 Å². The summed E-state index contributed by atoms with van der Waals surface area (Å²) in [5, 5.41) is 4.30. The highest BCUT2D eigenvalue weighted by Gasteiger charge is 2.70. The number of nitrogens with one attached hydrogen (secondary N) is 1. The van der Waals surface area contributed by atoms with Crippen molar-refractivity contribution in [1.82, 2.24) is 5.32 Å². The van der Waals surface area contributed by atoms with E-state index in [9.17, 15) is 4.79 Å². The molecule has 0 radical (unpaired) electrons. The minimum atomic E-state index is -0.262. The highest BCUT2D eigenvalue weighted by molar-refractivity contribution is 5.89. The van der Waals surface area contributed by atoms with Crippen molar-refractivity contribution in [3.63, 3.8) is 0 Å². The molecule has 5 saturated carbocycles. The minimum Gasteiger partial charge on any atom is -0.465 e. The van der Waals surface area contributed by atoms with Crippen LogP contribution in [0.4, 0.5) is 0 Å². The van der Waals surface area contributed by atoms with E-state index in [1.165, 1.54) is 101 Å². The first kappa shape index (κ1) is 30.8. The molecule has 0 bridgehead atoms. The van der Waals surface area contributed by atoms with E-state index in [1.807, 2.05) is 12.1 Å². The number of fused-ring (bicyclic) bond motifs is 7. The number of benzene rings is 1. The van der Waals surface area contributed by atoms with Crippen molar-refractivity contribution >= 4 is 11.5 Å².